The predicted octanol–water partition coefficient (Wildman–Crippen LogP) is 5.22. The Hall–Kier alpha value is -4.52. The Morgan fingerprint density at radius 2 is 1.69 bits per heavy atom. The van der Waals surface area contributed by atoms with Crippen LogP contribution < -0.4 is 5.32 Å². The number of carbonyl (C=O) groups is 3. The summed E-state index contributed by atoms with van der Waals surface area (Å²) < 4.78 is 0. The Bertz CT molecular complexity index is 1490. The minimum Gasteiger partial charge on any atom is -0.480 e. The molecule has 2 N–H and O–H groups in total. The summed E-state index contributed by atoms with van der Waals surface area (Å²) in [5.74, 6) is -1.71. The Morgan fingerprint density at radius 3 is 2.42 bits per heavy atom. The lowest BCUT2D eigenvalue weighted by atomic mass is 10.00. The van der Waals surface area contributed by atoms with Gasteiger partial charge in [-0.3, -0.25) is 14.6 Å². The molecule has 0 aliphatic carbocycles. The number of nitrogens with one attached hydrogen (secondary N) is 1. The van der Waals surface area contributed by atoms with E-state index in [1.54, 1.807) is 20.0 Å². The first kappa shape index (κ1) is 23.2. The Balaban J connectivity index is 1.33. The van der Waals surface area contributed by atoms with Crippen LogP contribution in [0.2, 0.25) is 0 Å². The van der Waals surface area contributed by atoms with Gasteiger partial charge in [0.1, 0.15) is 6.04 Å². The fourth-order valence-electron chi connectivity index (χ4n) is 4.65. The van der Waals surface area contributed by atoms with Gasteiger partial charge in [0.05, 0.1) is 11.1 Å². The highest BCUT2D eigenvalue weighted by Gasteiger charge is 2.38. The number of hydrogen-bond acceptors (Lipinski definition) is 4. The molecule has 1 unspecified atom stereocenters. The molecule has 1 aliphatic rings. The first-order chi connectivity index (χ1) is 17.3. The minimum atomic E-state index is -0.997. The van der Waals surface area contributed by atoms with E-state index >= 15 is 0 Å². The van der Waals surface area contributed by atoms with Crippen molar-refractivity contribution in [3.63, 3.8) is 0 Å². The van der Waals surface area contributed by atoms with E-state index in [0.29, 0.717) is 16.8 Å². The number of aromatic nitrogens is 1. The Labute approximate surface area is 208 Å². The number of carboxylic acid groups (broad SMARTS) is 1. The van der Waals surface area contributed by atoms with Gasteiger partial charge in [-0.2, -0.15) is 0 Å². The number of nitrogens with zero attached hydrogens (tertiary/aromatic N) is 2. The number of amides is 2. The lowest BCUT2D eigenvalue weighted by Crippen LogP contribution is -2.44. The van der Waals surface area contributed by atoms with Gasteiger partial charge < -0.3 is 15.3 Å². The van der Waals surface area contributed by atoms with Crippen LogP contribution in [0.25, 0.3) is 22.0 Å². The van der Waals surface area contributed by atoms with E-state index in [0.717, 1.165) is 27.6 Å². The lowest BCUT2D eigenvalue weighted by Gasteiger charge is -2.27. The molecule has 7 heteroatoms. The van der Waals surface area contributed by atoms with Gasteiger partial charge in [-0.15, -0.1) is 0 Å². The van der Waals surface area contributed by atoms with Crippen LogP contribution in [0.1, 0.15) is 40.1 Å². The summed E-state index contributed by atoms with van der Waals surface area (Å²) >= 11 is 0. The zero-order chi connectivity index (χ0) is 25.4. The van der Waals surface area contributed by atoms with Gasteiger partial charge in [0.15, 0.2) is 0 Å². The summed E-state index contributed by atoms with van der Waals surface area (Å²) in [6, 6.07) is 21.6. The first-order valence-corrected chi connectivity index (χ1v) is 11.7. The molecule has 0 saturated heterocycles. The summed E-state index contributed by atoms with van der Waals surface area (Å²) in [4.78, 5) is 43.3. The van der Waals surface area contributed by atoms with Crippen molar-refractivity contribution >= 4 is 34.4 Å². The molecule has 5 rings (SSSR count). The van der Waals surface area contributed by atoms with E-state index in [-0.39, 0.29) is 24.3 Å². The third-order valence-electron chi connectivity index (χ3n) is 6.49. The first-order valence-electron chi connectivity index (χ1n) is 11.7. The van der Waals surface area contributed by atoms with Crippen molar-refractivity contribution in [1.82, 2.24) is 9.88 Å². The van der Waals surface area contributed by atoms with Gasteiger partial charge in [-0.25, -0.2) is 4.79 Å². The lowest BCUT2D eigenvalue weighted by molar-refractivity contribution is -0.144. The smallest absolute Gasteiger partial charge is 0.326 e. The van der Waals surface area contributed by atoms with E-state index in [1.165, 1.54) is 4.90 Å². The summed E-state index contributed by atoms with van der Waals surface area (Å²) in [5, 5.41) is 13.4. The summed E-state index contributed by atoms with van der Waals surface area (Å²) in [6.07, 6.45) is 1.56. The molecule has 1 aliphatic heterocycles. The average molecular weight is 480 g/mol. The van der Waals surface area contributed by atoms with Gasteiger partial charge >= 0.3 is 5.97 Å². The van der Waals surface area contributed by atoms with Crippen LogP contribution in [0.5, 0.6) is 0 Å². The average Bonchev–Trinajstić information content (AvgIpc) is 3.19. The maximum Gasteiger partial charge on any atom is 0.326 e. The van der Waals surface area contributed by atoms with Crippen molar-refractivity contribution in [2.45, 2.75) is 26.4 Å². The number of carbonyl (C=O) groups excluding carboxylic acids is 2. The van der Waals surface area contributed by atoms with Crippen molar-refractivity contribution in [2.75, 3.05) is 5.32 Å². The number of aliphatic carboxylic acids is 1. The van der Waals surface area contributed by atoms with Gasteiger partial charge in [-0.05, 0) is 52.9 Å². The van der Waals surface area contributed by atoms with Crippen LogP contribution in [0.4, 0.5) is 5.69 Å². The molecule has 0 radical (unpaired) electrons. The Kier molecular flexibility index (Phi) is 5.98. The number of benzene rings is 3. The maximum absolute atomic E-state index is 13.0. The zero-order valence-corrected chi connectivity index (χ0v) is 19.9. The normalized spacial score (nSPS) is 13.6. The second kappa shape index (κ2) is 9.26. The molecule has 0 spiro atoms. The largest absolute Gasteiger partial charge is 0.480 e. The molecule has 0 saturated carbocycles. The van der Waals surface area contributed by atoms with Crippen LogP contribution >= 0.6 is 0 Å². The monoisotopic (exact) mass is 479 g/mol. The van der Waals surface area contributed by atoms with Gasteiger partial charge in [0.2, 0.25) is 0 Å². The van der Waals surface area contributed by atoms with Crippen molar-refractivity contribution in [3.05, 3.63) is 95.7 Å². The molecular weight excluding hydrogens is 454 g/mol. The summed E-state index contributed by atoms with van der Waals surface area (Å²) in [7, 11) is 0. The number of anilines is 1. The molecule has 0 fully saturated rings. The third-order valence-corrected chi connectivity index (χ3v) is 6.49. The molecular formula is C29H25N3O4. The molecule has 36 heavy (non-hydrogen) atoms. The quantitative estimate of drug-likeness (QED) is 0.395. The number of pyridine rings is 1. The zero-order valence-electron chi connectivity index (χ0n) is 19.9. The molecule has 1 atom stereocenters. The second-order valence-electron chi connectivity index (χ2n) is 9.28. The fraction of sp³-hybridized carbons (Fsp3) is 0.172. The maximum atomic E-state index is 13.0. The standard InChI is InChI=1S/C29H25N3O4/c1-17(2)26(29(35)36)32-16-21-8-7-19(14-24(21)28(32)34)18-9-11-23(12-10-18)31-27(33)22-13-20-5-3-4-6-25(20)30-15-22/h3-15,17,26H,16H2,1-2H3,(H,31,33)(H,35,36). The molecule has 0 bridgehead atoms. The van der Waals surface area contributed by atoms with E-state index in [4.69, 9.17) is 0 Å². The van der Waals surface area contributed by atoms with Crippen molar-refractivity contribution < 1.29 is 19.5 Å². The van der Waals surface area contributed by atoms with Gasteiger partial charge in [-0.1, -0.05) is 56.3 Å². The molecule has 1 aromatic heterocycles. The third kappa shape index (κ3) is 4.31. The molecule has 4 aromatic rings. The van der Waals surface area contributed by atoms with Crippen LogP contribution in [0.15, 0.2) is 79.0 Å². The van der Waals surface area contributed by atoms with Gasteiger partial charge in [0.25, 0.3) is 11.8 Å². The van der Waals surface area contributed by atoms with E-state index in [1.807, 2.05) is 72.8 Å². The topological polar surface area (TPSA) is 99.6 Å². The van der Waals surface area contributed by atoms with Crippen molar-refractivity contribution in [1.29, 1.82) is 0 Å². The number of rotatable bonds is 6. The molecule has 3 aromatic carbocycles. The van der Waals surface area contributed by atoms with Crippen LogP contribution in [-0.2, 0) is 11.3 Å². The van der Waals surface area contributed by atoms with Gasteiger partial charge in [0, 0.05) is 29.4 Å². The van der Waals surface area contributed by atoms with Crippen molar-refractivity contribution in [2.24, 2.45) is 5.92 Å². The number of carboxylic acids is 1. The predicted molar refractivity (Wildman–Crippen MR) is 138 cm³/mol. The highest BCUT2D eigenvalue weighted by Crippen LogP contribution is 2.31. The van der Waals surface area contributed by atoms with Crippen LogP contribution in [0.3, 0.4) is 0 Å². The molecule has 180 valence electrons. The highest BCUT2D eigenvalue weighted by molar-refractivity contribution is 6.06. The molecule has 2 heterocycles. The van der Waals surface area contributed by atoms with E-state index in [9.17, 15) is 19.5 Å². The molecule has 7 nitrogen and oxygen atoms in total. The van der Waals surface area contributed by atoms with Crippen LogP contribution in [0, 0.1) is 5.92 Å². The molecule has 2 amide bonds. The summed E-state index contributed by atoms with van der Waals surface area (Å²) in [6.45, 7) is 3.90. The SMILES string of the molecule is CC(C)C(C(=O)O)N1Cc2ccc(-c3ccc(NC(=O)c4cnc5ccccc5c4)cc3)cc2C1=O. The Morgan fingerprint density at radius 1 is 0.972 bits per heavy atom. The fourth-order valence-corrected chi connectivity index (χ4v) is 4.65. The second-order valence-corrected chi connectivity index (χ2v) is 9.28. The summed E-state index contributed by atoms with van der Waals surface area (Å²) in [5.41, 5.74) is 5.02. The number of hydrogen-bond donors (Lipinski definition) is 2. The van der Waals surface area contributed by atoms with E-state index < -0.39 is 12.0 Å². The highest BCUT2D eigenvalue weighted by atomic mass is 16.4. The van der Waals surface area contributed by atoms with Crippen LogP contribution in [-0.4, -0.2) is 38.8 Å². The number of para-hydroxylation sites is 1. The van der Waals surface area contributed by atoms with E-state index in [2.05, 4.69) is 10.3 Å². The number of fused-ring (bicyclic) bond motifs is 2. The minimum absolute atomic E-state index is 0.201. The van der Waals surface area contributed by atoms with Crippen molar-refractivity contribution in [3.8, 4) is 11.1 Å².